The molecule has 0 aromatic rings. The quantitative estimate of drug-likeness (QED) is 0.628. The molecular formula is C9H18N2O2. The van der Waals surface area contributed by atoms with Gasteiger partial charge in [-0.25, -0.2) is 0 Å². The largest absolute Gasteiger partial charge is 0.391 e. The molecule has 1 rings (SSSR count). The highest BCUT2D eigenvalue weighted by Crippen LogP contribution is 2.12. The molecule has 0 radical (unpaired) electrons. The minimum atomic E-state index is -0.322. The van der Waals surface area contributed by atoms with E-state index in [-0.39, 0.29) is 17.9 Å². The Balaban J connectivity index is 2.31. The smallest absolute Gasteiger partial charge is 0.222 e. The summed E-state index contributed by atoms with van der Waals surface area (Å²) < 4.78 is 0. The number of β-amino-alcohol motifs (C(OH)–C–C–N with tert-alkyl or cyclic N) is 1. The lowest BCUT2D eigenvalue weighted by molar-refractivity contribution is -0.131. The lowest BCUT2D eigenvalue weighted by Crippen LogP contribution is -2.31. The van der Waals surface area contributed by atoms with Gasteiger partial charge in [-0.15, -0.1) is 0 Å². The summed E-state index contributed by atoms with van der Waals surface area (Å²) in [5.41, 5.74) is 5.43. The van der Waals surface area contributed by atoms with Crippen LogP contribution in [0.25, 0.3) is 0 Å². The van der Waals surface area contributed by atoms with Crippen molar-refractivity contribution in [3.05, 3.63) is 0 Å². The van der Waals surface area contributed by atoms with Crippen molar-refractivity contribution < 1.29 is 9.90 Å². The van der Waals surface area contributed by atoms with E-state index in [0.717, 1.165) is 0 Å². The Morgan fingerprint density at radius 2 is 2.46 bits per heavy atom. The minimum Gasteiger partial charge on any atom is -0.391 e. The fourth-order valence-electron chi connectivity index (χ4n) is 1.48. The molecule has 76 valence electrons. The summed E-state index contributed by atoms with van der Waals surface area (Å²) in [5.74, 6) is 0.361. The van der Waals surface area contributed by atoms with Crippen LogP contribution in [0.5, 0.6) is 0 Å². The fraction of sp³-hybridized carbons (Fsp3) is 0.889. The summed E-state index contributed by atoms with van der Waals surface area (Å²) in [4.78, 5) is 13.2. The monoisotopic (exact) mass is 186 g/mol. The van der Waals surface area contributed by atoms with Crippen LogP contribution in [0.15, 0.2) is 0 Å². The summed E-state index contributed by atoms with van der Waals surface area (Å²) in [5, 5.41) is 9.22. The van der Waals surface area contributed by atoms with Crippen LogP contribution < -0.4 is 5.73 Å². The molecule has 2 atom stereocenters. The normalized spacial score (nSPS) is 24.8. The van der Waals surface area contributed by atoms with E-state index in [1.165, 1.54) is 0 Å². The molecule has 0 aromatic heterocycles. The van der Waals surface area contributed by atoms with E-state index >= 15 is 0 Å². The summed E-state index contributed by atoms with van der Waals surface area (Å²) >= 11 is 0. The van der Waals surface area contributed by atoms with Crippen molar-refractivity contribution >= 4 is 5.91 Å². The number of hydrogen-bond acceptors (Lipinski definition) is 3. The topological polar surface area (TPSA) is 66.6 Å². The Kier molecular flexibility index (Phi) is 3.69. The van der Waals surface area contributed by atoms with Crippen LogP contribution in [0.2, 0.25) is 0 Å². The summed E-state index contributed by atoms with van der Waals surface area (Å²) in [6.45, 7) is 3.69. The van der Waals surface area contributed by atoms with Gasteiger partial charge in [0.05, 0.1) is 6.10 Å². The third-order valence-corrected chi connectivity index (χ3v) is 2.44. The average Bonchev–Trinajstić information content (AvgIpc) is 2.51. The van der Waals surface area contributed by atoms with E-state index < -0.39 is 0 Å². The zero-order valence-corrected chi connectivity index (χ0v) is 8.07. The number of aliphatic hydroxyl groups is 1. The van der Waals surface area contributed by atoms with Crippen molar-refractivity contribution in [2.45, 2.75) is 25.9 Å². The maximum Gasteiger partial charge on any atom is 0.222 e. The molecule has 0 saturated carbocycles. The lowest BCUT2D eigenvalue weighted by atomic mass is 10.1. The first-order valence-corrected chi connectivity index (χ1v) is 4.79. The number of nitrogens with zero attached hydrogens (tertiary/aromatic N) is 1. The van der Waals surface area contributed by atoms with Gasteiger partial charge in [0.1, 0.15) is 0 Å². The van der Waals surface area contributed by atoms with Gasteiger partial charge < -0.3 is 15.7 Å². The molecule has 0 aliphatic carbocycles. The standard InChI is InChI=1S/C9H18N2O2/c1-7(5-10)4-9(13)11-3-2-8(12)6-11/h7-8,12H,2-6,10H2,1H3/t7?,8-/m0/s1. The highest BCUT2D eigenvalue weighted by Gasteiger charge is 2.24. The molecule has 1 heterocycles. The number of rotatable bonds is 3. The van der Waals surface area contributed by atoms with Gasteiger partial charge in [-0.05, 0) is 18.9 Å². The Morgan fingerprint density at radius 1 is 1.77 bits per heavy atom. The molecular weight excluding hydrogens is 168 g/mol. The molecule has 4 nitrogen and oxygen atoms in total. The number of aliphatic hydroxyl groups excluding tert-OH is 1. The van der Waals surface area contributed by atoms with Crippen molar-refractivity contribution in [2.24, 2.45) is 11.7 Å². The Labute approximate surface area is 78.7 Å². The first-order chi connectivity index (χ1) is 6.13. The van der Waals surface area contributed by atoms with Gasteiger partial charge in [0.2, 0.25) is 5.91 Å². The molecule has 4 heteroatoms. The summed E-state index contributed by atoms with van der Waals surface area (Å²) in [6.07, 6.45) is 0.892. The molecule has 0 spiro atoms. The van der Waals surface area contributed by atoms with Crippen molar-refractivity contribution in [1.29, 1.82) is 0 Å². The molecule has 1 aliphatic heterocycles. The molecule has 13 heavy (non-hydrogen) atoms. The van der Waals surface area contributed by atoms with E-state index in [2.05, 4.69) is 0 Å². The molecule has 0 bridgehead atoms. The third-order valence-electron chi connectivity index (χ3n) is 2.44. The van der Waals surface area contributed by atoms with Gasteiger partial charge in [0, 0.05) is 19.5 Å². The number of hydrogen-bond donors (Lipinski definition) is 2. The third kappa shape index (κ3) is 2.97. The van der Waals surface area contributed by atoms with Gasteiger partial charge in [0.25, 0.3) is 0 Å². The first kappa shape index (κ1) is 10.5. The van der Waals surface area contributed by atoms with Crippen molar-refractivity contribution in [2.75, 3.05) is 19.6 Å². The van der Waals surface area contributed by atoms with Crippen molar-refractivity contribution in [3.63, 3.8) is 0 Å². The Bertz CT molecular complexity index is 184. The van der Waals surface area contributed by atoms with Crippen LogP contribution in [0.1, 0.15) is 19.8 Å². The van der Waals surface area contributed by atoms with Gasteiger partial charge in [-0.1, -0.05) is 6.92 Å². The fourth-order valence-corrected chi connectivity index (χ4v) is 1.48. The minimum absolute atomic E-state index is 0.120. The van der Waals surface area contributed by atoms with Crippen LogP contribution in [-0.4, -0.2) is 41.7 Å². The van der Waals surface area contributed by atoms with E-state index in [1.807, 2.05) is 6.92 Å². The Hall–Kier alpha value is -0.610. The van der Waals surface area contributed by atoms with Crippen LogP contribution in [-0.2, 0) is 4.79 Å². The molecule has 1 saturated heterocycles. The molecule has 1 aliphatic rings. The van der Waals surface area contributed by atoms with E-state index in [0.29, 0.717) is 32.5 Å². The summed E-state index contributed by atoms with van der Waals surface area (Å²) in [7, 11) is 0. The van der Waals surface area contributed by atoms with Gasteiger partial charge in [-0.3, -0.25) is 4.79 Å². The van der Waals surface area contributed by atoms with Gasteiger partial charge in [-0.2, -0.15) is 0 Å². The lowest BCUT2D eigenvalue weighted by Gasteiger charge is -2.17. The number of nitrogens with two attached hydrogens (primary N) is 1. The Morgan fingerprint density at radius 3 is 2.92 bits per heavy atom. The molecule has 1 unspecified atom stereocenters. The van der Waals surface area contributed by atoms with E-state index in [4.69, 9.17) is 5.73 Å². The summed E-state index contributed by atoms with van der Waals surface area (Å²) in [6, 6.07) is 0. The van der Waals surface area contributed by atoms with Gasteiger partial charge >= 0.3 is 0 Å². The zero-order chi connectivity index (χ0) is 9.84. The van der Waals surface area contributed by atoms with Crippen LogP contribution in [0.4, 0.5) is 0 Å². The molecule has 1 fully saturated rings. The number of amides is 1. The molecule has 3 N–H and O–H groups in total. The predicted molar refractivity (Wildman–Crippen MR) is 50.0 cm³/mol. The van der Waals surface area contributed by atoms with Gasteiger partial charge in [0.15, 0.2) is 0 Å². The van der Waals surface area contributed by atoms with E-state index in [1.54, 1.807) is 4.90 Å². The zero-order valence-electron chi connectivity index (χ0n) is 8.07. The van der Waals surface area contributed by atoms with Crippen LogP contribution >= 0.6 is 0 Å². The average molecular weight is 186 g/mol. The second-order valence-corrected chi connectivity index (χ2v) is 3.83. The highest BCUT2D eigenvalue weighted by molar-refractivity contribution is 5.76. The molecule has 1 amide bonds. The number of likely N-dealkylation sites (tertiary alicyclic amines) is 1. The second-order valence-electron chi connectivity index (χ2n) is 3.83. The van der Waals surface area contributed by atoms with Crippen LogP contribution in [0, 0.1) is 5.92 Å². The van der Waals surface area contributed by atoms with Crippen molar-refractivity contribution in [3.8, 4) is 0 Å². The SMILES string of the molecule is CC(CN)CC(=O)N1CC[C@H](O)C1. The maximum absolute atomic E-state index is 11.5. The molecule has 0 aromatic carbocycles. The van der Waals surface area contributed by atoms with Crippen LogP contribution in [0.3, 0.4) is 0 Å². The first-order valence-electron chi connectivity index (χ1n) is 4.79. The van der Waals surface area contributed by atoms with Crippen molar-refractivity contribution in [1.82, 2.24) is 4.90 Å². The highest BCUT2D eigenvalue weighted by atomic mass is 16.3. The predicted octanol–water partition coefficient (Wildman–Crippen LogP) is -0.435. The maximum atomic E-state index is 11.5. The number of carbonyl (C=O) groups excluding carboxylic acids is 1. The van der Waals surface area contributed by atoms with E-state index in [9.17, 15) is 9.90 Å². The second kappa shape index (κ2) is 4.58. The number of carbonyl (C=O) groups is 1.